The summed E-state index contributed by atoms with van der Waals surface area (Å²) in [4.78, 5) is 15.2. The van der Waals surface area contributed by atoms with Crippen LogP contribution in [0, 0.1) is 0 Å². The molecule has 0 aliphatic carbocycles. The Labute approximate surface area is 91.9 Å². The normalized spacial score (nSPS) is 22.7. The zero-order valence-corrected chi connectivity index (χ0v) is 8.78. The van der Waals surface area contributed by atoms with Gasteiger partial charge in [0.25, 0.3) is 11.9 Å². The van der Waals surface area contributed by atoms with Gasteiger partial charge in [-0.05, 0) is 31.2 Å². The number of amides is 1. The molecule has 1 amide bonds. The first-order valence-corrected chi connectivity index (χ1v) is 4.85. The maximum Gasteiger partial charge on any atom is 0.297 e. The molecule has 0 spiro atoms. The fourth-order valence-corrected chi connectivity index (χ4v) is 1.27. The monoisotopic (exact) mass is 224 g/mol. The van der Waals surface area contributed by atoms with E-state index in [4.69, 9.17) is 16.3 Å². The van der Waals surface area contributed by atoms with E-state index >= 15 is 0 Å². The average Bonchev–Trinajstić information content (AvgIpc) is 2.50. The molecule has 1 aliphatic heterocycles. The van der Waals surface area contributed by atoms with E-state index in [9.17, 15) is 4.79 Å². The fourth-order valence-electron chi connectivity index (χ4n) is 1.14. The summed E-state index contributed by atoms with van der Waals surface area (Å²) in [6.07, 6.45) is -0.476. The molecular formula is C10H9ClN2O2. The van der Waals surface area contributed by atoms with Gasteiger partial charge in [-0.2, -0.15) is 4.99 Å². The van der Waals surface area contributed by atoms with Crippen molar-refractivity contribution in [1.29, 1.82) is 0 Å². The maximum atomic E-state index is 11.1. The van der Waals surface area contributed by atoms with Crippen LogP contribution in [0.15, 0.2) is 29.3 Å². The van der Waals surface area contributed by atoms with Crippen molar-refractivity contribution >= 4 is 29.2 Å². The first-order valence-electron chi connectivity index (χ1n) is 4.47. The molecule has 1 unspecified atom stereocenters. The van der Waals surface area contributed by atoms with Gasteiger partial charge in [0.15, 0.2) is 6.10 Å². The largest absolute Gasteiger partial charge is 0.452 e. The van der Waals surface area contributed by atoms with E-state index in [1.54, 1.807) is 31.2 Å². The van der Waals surface area contributed by atoms with Gasteiger partial charge in [-0.15, -0.1) is 0 Å². The van der Waals surface area contributed by atoms with E-state index in [0.717, 1.165) is 0 Å². The molecule has 0 radical (unpaired) electrons. The lowest BCUT2D eigenvalue weighted by atomic mass is 10.3. The molecule has 0 saturated carbocycles. The highest BCUT2D eigenvalue weighted by Crippen LogP contribution is 2.17. The van der Waals surface area contributed by atoms with Gasteiger partial charge in [0.1, 0.15) is 0 Å². The third kappa shape index (κ3) is 2.27. The van der Waals surface area contributed by atoms with Crippen LogP contribution in [-0.4, -0.2) is 18.0 Å². The van der Waals surface area contributed by atoms with Crippen molar-refractivity contribution in [1.82, 2.24) is 5.32 Å². The molecule has 1 aromatic rings. The summed E-state index contributed by atoms with van der Waals surface area (Å²) >= 11 is 5.73. The van der Waals surface area contributed by atoms with Crippen LogP contribution >= 0.6 is 11.6 Å². The fraction of sp³-hybridized carbons (Fsp3) is 0.200. The minimum atomic E-state index is -0.476. The van der Waals surface area contributed by atoms with Crippen LogP contribution in [0.3, 0.4) is 0 Å². The van der Waals surface area contributed by atoms with E-state index in [-0.39, 0.29) is 11.9 Å². The second-order valence-corrected chi connectivity index (χ2v) is 3.58. The number of hydrogen-bond acceptors (Lipinski definition) is 3. The number of amidine groups is 1. The van der Waals surface area contributed by atoms with Crippen molar-refractivity contribution in [2.24, 2.45) is 4.99 Å². The molecule has 1 aliphatic rings. The number of ether oxygens (including phenoxy) is 1. The van der Waals surface area contributed by atoms with E-state index in [1.165, 1.54) is 0 Å². The van der Waals surface area contributed by atoms with Gasteiger partial charge in [0.2, 0.25) is 0 Å². The lowest BCUT2D eigenvalue weighted by Gasteiger charge is -1.98. The van der Waals surface area contributed by atoms with Crippen LogP contribution in [0.2, 0.25) is 5.02 Å². The summed E-state index contributed by atoms with van der Waals surface area (Å²) in [6, 6.07) is 7.17. The first kappa shape index (κ1) is 9.98. The van der Waals surface area contributed by atoms with Crippen molar-refractivity contribution in [2.75, 3.05) is 0 Å². The Morgan fingerprint density at radius 2 is 2.07 bits per heavy atom. The number of benzene rings is 1. The lowest BCUT2D eigenvalue weighted by Crippen LogP contribution is -2.23. The smallest absolute Gasteiger partial charge is 0.297 e. The van der Waals surface area contributed by atoms with Gasteiger partial charge in [-0.25, -0.2) is 0 Å². The molecule has 2 rings (SSSR count). The molecule has 1 fully saturated rings. The standard InChI is InChI=1S/C10H9ClN2O2/c1-6-9(14)13-10(15-6)12-8-4-2-7(11)3-5-8/h2-6H,1H3,(H,12,13,14). The number of nitrogens with one attached hydrogen (secondary N) is 1. The predicted octanol–water partition coefficient (Wildman–Crippen LogP) is 1.86. The van der Waals surface area contributed by atoms with E-state index in [2.05, 4.69) is 10.3 Å². The van der Waals surface area contributed by atoms with Gasteiger partial charge in [0, 0.05) is 5.02 Å². The zero-order chi connectivity index (χ0) is 10.8. The number of carbonyl (C=O) groups excluding carboxylic acids is 1. The molecule has 4 nitrogen and oxygen atoms in total. The van der Waals surface area contributed by atoms with E-state index in [0.29, 0.717) is 10.7 Å². The highest BCUT2D eigenvalue weighted by Gasteiger charge is 2.26. The quantitative estimate of drug-likeness (QED) is 0.792. The number of nitrogens with zero attached hydrogens (tertiary/aromatic N) is 1. The summed E-state index contributed by atoms with van der Waals surface area (Å²) in [5.41, 5.74) is 0.684. The van der Waals surface area contributed by atoms with Gasteiger partial charge >= 0.3 is 0 Å². The Bertz CT molecular complexity index is 414. The van der Waals surface area contributed by atoms with Crippen molar-refractivity contribution < 1.29 is 9.53 Å². The Kier molecular flexibility index (Phi) is 2.60. The van der Waals surface area contributed by atoms with Crippen LogP contribution in [-0.2, 0) is 9.53 Å². The first-order chi connectivity index (χ1) is 7.15. The topological polar surface area (TPSA) is 50.7 Å². The van der Waals surface area contributed by atoms with Gasteiger partial charge in [-0.1, -0.05) is 11.6 Å². The van der Waals surface area contributed by atoms with Gasteiger partial charge in [0.05, 0.1) is 5.69 Å². The maximum absolute atomic E-state index is 11.1. The third-order valence-corrected chi connectivity index (χ3v) is 2.20. The third-order valence-electron chi connectivity index (χ3n) is 1.95. The van der Waals surface area contributed by atoms with Crippen molar-refractivity contribution in [3.05, 3.63) is 29.3 Å². The summed E-state index contributed by atoms with van der Waals surface area (Å²) in [5.74, 6) is -0.178. The van der Waals surface area contributed by atoms with Gasteiger partial charge < -0.3 is 4.74 Å². The Hall–Kier alpha value is -1.55. The van der Waals surface area contributed by atoms with Crippen LogP contribution in [0.4, 0.5) is 5.69 Å². The van der Waals surface area contributed by atoms with Crippen molar-refractivity contribution in [2.45, 2.75) is 13.0 Å². The Morgan fingerprint density at radius 3 is 2.60 bits per heavy atom. The van der Waals surface area contributed by atoms with Crippen LogP contribution in [0.1, 0.15) is 6.92 Å². The molecule has 1 N–H and O–H groups in total. The number of aliphatic imine (C=N–C) groups is 1. The van der Waals surface area contributed by atoms with Crippen LogP contribution < -0.4 is 5.32 Å². The molecule has 1 heterocycles. The molecule has 78 valence electrons. The van der Waals surface area contributed by atoms with Crippen LogP contribution in [0.25, 0.3) is 0 Å². The number of rotatable bonds is 1. The number of hydrogen-bond donors (Lipinski definition) is 1. The molecule has 1 aromatic carbocycles. The second-order valence-electron chi connectivity index (χ2n) is 3.14. The Balaban J connectivity index is 2.17. The predicted molar refractivity (Wildman–Crippen MR) is 57.2 cm³/mol. The number of carbonyl (C=O) groups is 1. The lowest BCUT2D eigenvalue weighted by molar-refractivity contribution is -0.122. The molecular weight excluding hydrogens is 216 g/mol. The number of halogens is 1. The molecule has 0 bridgehead atoms. The minimum absolute atomic E-state index is 0.178. The summed E-state index contributed by atoms with van der Waals surface area (Å²) in [6.45, 7) is 1.67. The average molecular weight is 225 g/mol. The van der Waals surface area contributed by atoms with E-state index < -0.39 is 6.10 Å². The molecule has 1 saturated heterocycles. The summed E-state index contributed by atoms with van der Waals surface area (Å²) in [5, 5.41) is 3.16. The van der Waals surface area contributed by atoms with Gasteiger partial charge in [-0.3, -0.25) is 10.1 Å². The Morgan fingerprint density at radius 1 is 1.40 bits per heavy atom. The second kappa shape index (κ2) is 3.90. The highest BCUT2D eigenvalue weighted by atomic mass is 35.5. The summed E-state index contributed by atoms with van der Waals surface area (Å²) < 4.78 is 5.16. The minimum Gasteiger partial charge on any atom is -0.452 e. The molecule has 1 atom stereocenters. The van der Waals surface area contributed by atoms with E-state index in [1.807, 2.05) is 0 Å². The molecule has 15 heavy (non-hydrogen) atoms. The summed E-state index contributed by atoms with van der Waals surface area (Å²) in [7, 11) is 0. The van der Waals surface area contributed by atoms with Crippen molar-refractivity contribution in [3.63, 3.8) is 0 Å². The van der Waals surface area contributed by atoms with Crippen molar-refractivity contribution in [3.8, 4) is 0 Å². The zero-order valence-electron chi connectivity index (χ0n) is 8.03. The highest BCUT2D eigenvalue weighted by molar-refractivity contribution is 6.30. The molecule has 5 heteroatoms. The SMILES string of the molecule is CC1OC(=Nc2ccc(Cl)cc2)NC1=O. The molecule has 0 aromatic heterocycles. The van der Waals surface area contributed by atoms with Crippen LogP contribution in [0.5, 0.6) is 0 Å².